The molecule has 0 bridgehead atoms. The van der Waals surface area contributed by atoms with Crippen molar-refractivity contribution in [2.75, 3.05) is 0 Å². The van der Waals surface area contributed by atoms with Crippen LogP contribution in [-0.4, -0.2) is 23.4 Å². The zero-order valence-electron chi connectivity index (χ0n) is 17.8. The number of ether oxygens (including phenoxy) is 2. The van der Waals surface area contributed by atoms with Crippen molar-refractivity contribution < 1.29 is 23.9 Å². The van der Waals surface area contributed by atoms with E-state index in [2.05, 4.69) is 0 Å². The molecule has 0 aliphatic carbocycles. The minimum absolute atomic E-state index is 0.0354. The highest BCUT2D eigenvalue weighted by molar-refractivity contribution is 6.08. The Kier molecular flexibility index (Phi) is 6.59. The second-order valence-electron chi connectivity index (χ2n) is 7.63. The van der Waals surface area contributed by atoms with E-state index in [1.807, 2.05) is 60.7 Å². The van der Waals surface area contributed by atoms with E-state index in [1.54, 1.807) is 0 Å². The fraction of sp³-hybridized carbons (Fsp3) is 0.160. The molecule has 0 aromatic heterocycles. The van der Waals surface area contributed by atoms with E-state index in [9.17, 15) is 14.4 Å². The van der Waals surface area contributed by atoms with Gasteiger partial charge in [0.15, 0.2) is 11.7 Å². The average Bonchev–Trinajstić information content (AvgIpc) is 2.77. The van der Waals surface area contributed by atoms with Crippen LogP contribution in [0, 0.1) is 0 Å². The molecule has 0 unspecified atom stereocenters. The zero-order chi connectivity index (χ0) is 23.3. The van der Waals surface area contributed by atoms with E-state index >= 15 is 0 Å². The van der Waals surface area contributed by atoms with E-state index in [1.165, 1.54) is 32.0 Å². The van der Waals surface area contributed by atoms with Crippen LogP contribution in [0.5, 0.6) is 5.75 Å². The minimum atomic E-state index is -1.51. The second kappa shape index (κ2) is 9.34. The fourth-order valence-corrected chi connectivity index (χ4v) is 3.23. The average molecular weight is 432 g/mol. The minimum Gasteiger partial charge on any atom is -0.475 e. The molecule has 0 saturated carbocycles. The molecule has 32 heavy (non-hydrogen) atoms. The van der Waals surface area contributed by atoms with Crippen molar-refractivity contribution in [2.45, 2.75) is 25.6 Å². The lowest BCUT2D eigenvalue weighted by molar-refractivity contribution is -0.163. The van der Waals surface area contributed by atoms with Crippen molar-refractivity contribution in [2.24, 2.45) is 11.5 Å². The molecule has 0 saturated heterocycles. The molecule has 3 aromatic carbocycles. The Morgan fingerprint density at radius 2 is 1.28 bits per heavy atom. The third kappa shape index (κ3) is 4.95. The first-order chi connectivity index (χ1) is 15.2. The molecular formula is C25H24N2O5. The van der Waals surface area contributed by atoms with Gasteiger partial charge in [-0.25, -0.2) is 4.79 Å². The molecule has 0 atom stereocenters. The first-order valence-corrected chi connectivity index (χ1v) is 9.93. The maximum atomic E-state index is 13.2. The van der Waals surface area contributed by atoms with Crippen molar-refractivity contribution in [1.29, 1.82) is 0 Å². The van der Waals surface area contributed by atoms with Crippen LogP contribution in [-0.2, 0) is 9.53 Å². The van der Waals surface area contributed by atoms with Gasteiger partial charge in [-0.05, 0) is 37.1 Å². The summed E-state index contributed by atoms with van der Waals surface area (Å²) in [5.74, 6) is -2.44. The molecule has 0 aliphatic rings. The molecule has 0 spiro atoms. The van der Waals surface area contributed by atoms with E-state index in [0.29, 0.717) is 0 Å². The Hall–Kier alpha value is -4.13. The van der Waals surface area contributed by atoms with Gasteiger partial charge in [-0.3, -0.25) is 9.59 Å². The Bertz CT molecular complexity index is 1090. The van der Waals surface area contributed by atoms with Crippen LogP contribution >= 0.6 is 0 Å². The number of primary amides is 2. The van der Waals surface area contributed by atoms with Crippen molar-refractivity contribution >= 4 is 17.8 Å². The standard InChI is InChI=1S/C25H24N2O5/c1-25(2,32-19-15-9-14-18(22(26)28)20(19)23(27)29)24(30)31-21(16-10-5-3-6-11-16)17-12-7-4-8-13-17/h3-15,21H,1-2H3,(H2,26,28)(H2,27,29). The molecule has 0 heterocycles. The summed E-state index contributed by atoms with van der Waals surface area (Å²) >= 11 is 0. The number of rotatable bonds is 8. The van der Waals surface area contributed by atoms with Crippen LogP contribution in [0.3, 0.4) is 0 Å². The summed E-state index contributed by atoms with van der Waals surface area (Å²) in [6.45, 7) is 3.01. The summed E-state index contributed by atoms with van der Waals surface area (Å²) in [6.07, 6.45) is -0.666. The fourth-order valence-electron chi connectivity index (χ4n) is 3.23. The number of carbonyl (C=O) groups excluding carboxylic acids is 3. The number of benzene rings is 3. The van der Waals surface area contributed by atoms with Crippen LogP contribution < -0.4 is 16.2 Å². The van der Waals surface area contributed by atoms with E-state index in [0.717, 1.165) is 11.1 Å². The number of esters is 1. The first-order valence-electron chi connectivity index (χ1n) is 9.93. The Balaban J connectivity index is 1.92. The molecule has 0 aliphatic heterocycles. The number of amides is 2. The SMILES string of the molecule is CC(C)(Oc1cccc(C(N)=O)c1C(N)=O)C(=O)OC(c1ccccc1)c1ccccc1. The van der Waals surface area contributed by atoms with Crippen molar-refractivity contribution in [3.8, 4) is 5.75 Å². The molecule has 0 fully saturated rings. The summed E-state index contributed by atoms with van der Waals surface area (Å²) in [5, 5.41) is 0. The molecule has 0 radical (unpaired) electrons. The van der Waals surface area contributed by atoms with Gasteiger partial charge in [0.1, 0.15) is 5.75 Å². The lowest BCUT2D eigenvalue weighted by atomic mass is 10.0. The third-order valence-electron chi connectivity index (χ3n) is 4.82. The van der Waals surface area contributed by atoms with E-state index in [-0.39, 0.29) is 16.9 Å². The summed E-state index contributed by atoms with van der Waals surface area (Å²) in [6, 6.07) is 22.9. The molecule has 2 amide bonds. The van der Waals surface area contributed by atoms with Gasteiger partial charge >= 0.3 is 5.97 Å². The Morgan fingerprint density at radius 3 is 1.75 bits per heavy atom. The van der Waals surface area contributed by atoms with Gasteiger partial charge in [0.2, 0.25) is 5.91 Å². The lowest BCUT2D eigenvalue weighted by Gasteiger charge is -2.28. The monoisotopic (exact) mass is 432 g/mol. The third-order valence-corrected chi connectivity index (χ3v) is 4.82. The van der Waals surface area contributed by atoms with Crippen molar-refractivity contribution in [1.82, 2.24) is 0 Å². The predicted molar refractivity (Wildman–Crippen MR) is 119 cm³/mol. The Morgan fingerprint density at radius 1 is 0.750 bits per heavy atom. The maximum Gasteiger partial charge on any atom is 0.350 e. The predicted octanol–water partition coefficient (Wildman–Crippen LogP) is 3.37. The van der Waals surface area contributed by atoms with Gasteiger partial charge in [-0.15, -0.1) is 0 Å². The lowest BCUT2D eigenvalue weighted by Crippen LogP contribution is -2.41. The quantitative estimate of drug-likeness (QED) is 0.529. The van der Waals surface area contributed by atoms with Crippen LogP contribution in [0.1, 0.15) is 51.8 Å². The summed E-state index contributed by atoms with van der Waals surface area (Å²) in [4.78, 5) is 36.8. The maximum absolute atomic E-state index is 13.2. The summed E-state index contributed by atoms with van der Waals surface area (Å²) in [7, 11) is 0. The van der Waals surface area contributed by atoms with Crippen LogP contribution in [0.4, 0.5) is 0 Å². The second-order valence-corrected chi connectivity index (χ2v) is 7.63. The number of hydrogen-bond acceptors (Lipinski definition) is 5. The topological polar surface area (TPSA) is 122 Å². The van der Waals surface area contributed by atoms with Crippen LogP contribution in [0.25, 0.3) is 0 Å². The molecular weight excluding hydrogens is 408 g/mol. The first kappa shape index (κ1) is 22.6. The van der Waals surface area contributed by atoms with Gasteiger partial charge < -0.3 is 20.9 Å². The largest absolute Gasteiger partial charge is 0.475 e. The van der Waals surface area contributed by atoms with Gasteiger partial charge in [0.05, 0.1) is 11.1 Å². The highest BCUT2D eigenvalue weighted by Crippen LogP contribution is 2.31. The van der Waals surface area contributed by atoms with Crippen LogP contribution in [0.2, 0.25) is 0 Å². The summed E-state index contributed by atoms with van der Waals surface area (Å²) in [5.41, 5.74) is 10.6. The van der Waals surface area contributed by atoms with E-state index in [4.69, 9.17) is 20.9 Å². The van der Waals surface area contributed by atoms with Crippen LogP contribution in [0.15, 0.2) is 78.9 Å². The number of nitrogens with two attached hydrogens (primary N) is 2. The molecule has 4 N–H and O–H groups in total. The number of hydrogen-bond donors (Lipinski definition) is 2. The van der Waals surface area contributed by atoms with Gasteiger partial charge in [-0.1, -0.05) is 66.7 Å². The van der Waals surface area contributed by atoms with Gasteiger partial charge in [-0.2, -0.15) is 0 Å². The molecule has 164 valence electrons. The van der Waals surface area contributed by atoms with Crippen molar-refractivity contribution in [3.63, 3.8) is 0 Å². The Labute approximate surface area is 185 Å². The molecule has 3 rings (SSSR count). The van der Waals surface area contributed by atoms with Gasteiger partial charge in [0, 0.05) is 0 Å². The van der Waals surface area contributed by atoms with Gasteiger partial charge in [0.25, 0.3) is 5.91 Å². The molecule has 7 nitrogen and oxygen atoms in total. The summed E-state index contributed by atoms with van der Waals surface area (Å²) < 4.78 is 11.7. The smallest absolute Gasteiger partial charge is 0.350 e. The number of carbonyl (C=O) groups is 3. The van der Waals surface area contributed by atoms with Crippen molar-refractivity contribution in [3.05, 3.63) is 101 Å². The molecule has 3 aromatic rings. The highest BCUT2D eigenvalue weighted by Gasteiger charge is 2.36. The normalized spacial score (nSPS) is 11.1. The zero-order valence-corrected chi connectivity index (χ0v) is 17.8. The molecule has 7 heteroatoms. The van der Waals surface area contributed by atoms with E-state index < -0.39 is 29.5 Å². The highest BCUT2D eigenvalue weighted by atomic mass is 16.6.